The molecule has 1 heterocycles. The average Bonchev–Trinajstić information content (AvgIpc) is 2.87. The predicted octanol–water partition coefficient (Wildman–Crippen LogP) is 3.90. The summed E-state index contributed by atoms with van der Waals surface area (Å²) in [6.45, 7) is 4.55. The second-order valence-corrected chi connectivity index (χ2v) is 6.32. The number of benzene rings is 2. The van der Waals surface area contributed by atoms with E-state index < -0.39 is 0 Å². The maximum atomic E-state index is 13.1. The van der Waals surface area contributed by atoms with Crippen molar-refractivity contribution in [3.05, 3.63) is 71.7 Å². The van der Waals surface area contributed by atoms with Crippen LogP contribution in [0.4, 0.5) is 4.39 Å². The van der Waals surface area contributed by atoms with E-state index in [9.17, 15) is 9.18 Å². The van der Waals surface area contributed by atoms with E-state index in [1.807, 2.05) is 44.3 Å². The largest absolute Gasteiger partial charge is 0.354 e. The van der Waals surface area contributed by atoms with E-state index in [-0.39, 0.29) is 17.8 Å². The summed E-state index contributed by atoms with van der Waals surface area (Å²) in [6.07, 6.45) is 2.38. The first-order valence-electron chi connectivity index (χ1n) is 8.13. The van der Waals surface area contributed by atoms with Crippen molar-refractivity contribution in [3.63, 3.8) is 0 Å². The molecule has 1 N–H and O–H groups in total. The van der Waals surface area contributed by atoms with Crippen LogP contribution in [0.15, 0.2) is 54.7 Å². The van der Waals surface area contributed by atoms with Crippen molar-refractivity contribution in [1.29, 1.82) is 0 Å². The second-order valence-electron chi connectivity index (χ2n) is 6.32. The zero-order valence-corrected chi connectivity index (χ0v) is 13.9. The molecule has 0 bridgehead atoms. The molecule has 0 saturated heterocycles. The Kier molecular flexibility index (Phi) is 4.65. The van der Waals surface area contributed by atoms with Crippen molar-refractivity contribution in [2.45, 2.75) is 32.9 Å². The molecular formula is C20H21FN2O. The summed E-state index contributed by atoms with van der Waals surface area (Å²) in [7, 11) is 0. The number of nitrogens with zero attached hydrogens (tertiary/aromatic N) is 1. The van der Waals surface area contributed by atoms with Crippen molar-refractivity contribution < 1.29 is 9.18 Å². The van der Waals surface area contributed by atoms with Crippen LogP contribution in [0.2, 0.25) is 0 Å². The Hall–Kier alpha value is -2.62. The topological polar surface area (TPSA) is 34.0 Å². The summed E-state index contributed by atoms with van der Waals surface area (Å²) >= 11 is 0. The summed E-state index contributed by atoms with van der Waals surface area (Å²) in [5, 5.41) is 4.01. The minimum absolute atomic E-state index is 0.0229. The van der Waals surface area contributed by atoms with Gasteiger partial charge in [-0.05, 0) is 43.2 Å². The third-order valence-corrected chi connectivity index (χ3v) is 3.94. The second kappa shape index (κ2) is 6.87. The van der Waals surface area contributed by atoms with E-state index in [4.69, 9.17) is 0 Å². The van der Waals surface area contributed by atoms with Gasteiger partial charge in [0.2, 0.25) is 5.91 Å². The quantitative estimate of drug-likeness (QED) is 0.759. The maximum absolute atomic E-state index is 13.1. The molecule has 0 atom stereocenters. The molecule has 24 heavy (non-hydrogen) atoms. The first-order chi connectivity index (χ1) is 11.5. The predicted molar refractivity (Wildman–Crippen MR) is 94.4 cm³/mol. The van der Waals surface area contributed by atoms with E-state index in [0.29, 0.717) is 13.0 Å². The van der Waals surface area contributed by atoms with Gasteiger partial charge in [0, 0.05) is 29.7 Å². The van der Waals surface area contributed by atoms with Crippen LogP contribution < -0.4 is 5.32 Å². The van der Waals surface area contributed by atoms with Gasteiger partial charge in [-0.15, -0.1) is 0 Å². The Morgan fingerprint density at radius 1 is 1.12 bits per heavy atom. The highest BCUT2D eigenvalue weighted by Gasteiger charge is 2.12. The van der Waals surface area contributed by atoms with Crippen LogP contribution in [0.25, 0.3) is 10.9 Å². The first kappa shape index (κ1) is 16.2. The van der Waals surface area contributed by atoms with E-state index in [0.717, 1.165) is 22.0 Å². The number of nitrogens with one attached hydrogen (secondary N) is 1. The lowest BCUT2D eigenvalue weighted by Crippen LogP contribution is -2.31. The normalized spacial score (nSPS) is 11.2. The lowest BCUT2D eigenvalue weighted by atomic mass is 10.1. The van der Waals surface area contributed by atoms with Gasteiger partial charge in [0.15, 0.2) is 0 Å². The molecule has 0 aliphatic heterocycles. The third-order valence-electron chi connectivity index (χ3n) is 3.94. The molecule has 0 aliphatic carbocycles. The summed E-state index contributed by atoms with van der Waals surface area (Å²) in [5.74, 6) is -0.211. The number of carbonyl (C=O) groups excluding carboxylic acids is 1. The monoisotopic (exact) mass is 324 g/mol. The number of fused-ring (bicyclic) bond motifs is 1. The van der Waals surface area contributed by atoms with E-state index in [2.05, 4.69) is 9.88 Å². The van der Waals surface area contributed by atoms with Gasteiger partial charge in [-0.1, -0.05) is 30.3 Å². The van der Waals surface area contributed by atoms with Crippen LogP contribution in [-0.4, -0.2) is 16.5 Å². The molecule has 4 heteroatoms. The number of hydrogen-bond acceptors (Lipinski definition) is 1. The van der Waals surface area contributed by atoms with Gasteiger partial charge in [-0.3, -0.25) is 4.79 Å². The highest BCUT2D eigenvalue weighted by atomic mass is 19.1. The lowest BCUT2D eigenvalue weighted by molar-refractivity contribution is -0.120. The number of para-hydroxylation sites is 1. The fourth-order valence-corrected chi connectivity index (χ4v) is 2.93. The molecule has 0 spiro atoms. The van der Waals surface area contributed by atoms with Crippen LogP contribution in [-0.2, 0) is 17.8 Å². The number of amides is 1. The van der Waals surface area contributed by atoms with Crippen molar-refractivity contribution in [2.24, 2.45) is 0 Å². The molecule has 0 saturated carbocycles. The molecule has 0 fully saturated rings. The summed E-state index contributed by atoms with van der Waals surface area (Å²) in [5.41, 5.74) is 3.11. The molecule has 0 unspecified atom stereocenters. The van der Waals surface area contributed by atoms with E-state index in [1.165, 1.54) is 12.1 Å². The maximum Gasteiger partial charge on any atom is 0.224 e. The fourth-order valence-electron chi connectivity index (χ4n) is 2.93. The number of carbonyl (C=O) groups is 1. The molecule has 1 amide bonds. The Labute approximate surface area is 141 Å². The van der Waals surface area contributed by atoms with Gasteiger partial charge >= 0.3 is 0 Å². The highest BCUT2D eigenvalue weighted by molar-refractivity contribution is 5.89. The average molecular weight is 324 g/mol. The van der Waals surface area contributed by atoms with Gasteiger partial charge in [0.1, 0.15) is 5.82 Å². The molecule has 3 aromatic rings. The molecule has 1 aromatic heterocycles. The van der Waals surface area contributed by atoms with E-state index in [1.54, 1.807) is 12.1 Å². The van der Waals surface area contributed by atoms with Gasteiger partial charge in [0.25, 0.3) is 0 Å². The summed E-state index contributed by atoms with van der Waals surface area (Å²) in [4.78, 5) is 12.1. The van der Waals surface area contributed by atoms with Crippen molar-refractivity contribution in [3.8, 4) is 0 Å². The van der Waals surface area contributed by atoms with Gasteiger partial charge < -0.3 is 9.88 Å². The Morgan fingerprint density at radius 2 is 1.83 bits per heavy atom. The summed E-state index contributed by atoms with van der Waals surface area (Å²) in [6, 6.07) is 14.7. The van der Waals surface area contributed by atoms with Crippen LogP contribution in [0, 0.1) is 5.82 Å². The molecule has 0 aliphatic rings. The number of halogens is 1. The molecule has 0 radical (unpaired) electrons. The number of rotatable bonds is 5. The third kappa shape index (κ3) is 3.65. The Bertz CT molecular complexity index is 850. The minimum atomic E-state index is -0.234. The fraction of sp³-hybridized carbons (Fsp3) is 0.250. The highest BCUT2D eigenvalue weighted by Crippen LogP contribution is 2.23. The van der Waals surface area contributed by atoms with Gasteiger partial charge in [0.05, 0.1) is 6.42 Å². The number of aromatic nitrogens is 1. The molecule has 2 aromatic carbocycles. The van der Waals surface area contributed by atoms with Crippen LogP contribution in [0.3, 0.4) is 0 Å². The van der Waals surface area contributed by atoms with Crippen molar-refractivity contribution in [2.75, 3.05) is 0 Å². The zero-order chi connectivity index (χ0) is 17.1. The van der Waals surface area contributed by atoms with Crippen LogP contribution in [0.5, 0.6) is 0 Å². The first-order valence-corrected chi connectivity index (χ1v) is 8.13. The summed E-state index contributed by atoms with van der Waals surface area (Å²) < 4.78 is 15.2. The molecular weight excluding hydrogens is 303 g/mol. The van der Waals surface area contributed by atoms with Gasteiger partial charge in [-0.25, -0.2) is 4.39 Å². The Balaban J connectivity index is 1.91. The van der Waals surface area contributed by atoms with Crippen molar-refractivity contribution in [1.82, 2.24) is 9.88 Å². The SMILES string of the molecule is CC(C)NC(=O)Cc1cn(Cc2ccc(F)cc2)c2ccccc12. The van der Waals surface area contributed by atoms with Crippen molar-refractivity contribution >= 4 is 16.8 Å². The zero-order valence-electron chi connectivity index (χ0n) is 13.9. The minimum Gasteiger partial charge on any atom is -0.354 e. The number of hydrogen-bond donors (Lipinski definition) is 1. The molecule has 3 nitrogen and oxygen atoms in total. The Morgan fingerprint density at radius 3 is 2.54 bits per heavy atom. The lowest BCUT2D eigenvalue weighted by Gasteiger charge is -2.07. The standard InChI is InChI=1S/C20H21FN2O/c1-14(2)22-20(24)11-16-13-23(19-6-4-3-5-18(16)19)12-15-7-9-17(21)10-8-15/h3-10,13-14H,11-12H2,1-2H3,(H,22,24). The van der Waals surface area contributed by atoms with Crippen LogP contribution >= 0.6 is 0 Å². The van der Waals surface area contributed by atoms with Gasteiger partial charge in [-0.2, -0.15) is 0 Å². The van der Waals surface area contributed by atoms with E-state index >= 15 is 0 Å². The molecule has 3 rings (SSSR count). The van der Waals surface area contributed by atoms with Crippen LogP contribution in [0.1, 0.15) is 25.0 Å². The molecule has 124 valence electrons. The smallest absolute Gasteiger partial charge is 0.224 e.